The van der Waals surface area contributed by atoms with Crippen molar-refractivity contribution < 1.29 is 0 Å². The van der Waals surface area contributed by atoms with Crippen LogP contribution in [0, 0.1) is 5.92 Å². The van der Waals surface area contributed by atoms with E-state index in [2.05, 4.69) is 46.2 Å². The van der Waals surface area contributed by atoms with Crippen LogP contribution in [0.2, 0.25) is 0 Å². The summed E-state index contributed by atoms with van der Waals surface area (Å²) in [6, 6.07) is 2.20. The monoisotopic (exact) mass is 304 g/mol. The lowest BCUT2D eigenvalue weighted by Gasteiger charge is -2.20. The van der Waals surface area contributed by atoms with E-state index in [0.29, 0.717) is 0 Å². The molecule has 0 radical (unpaired) electrons. The minimum atomic E-state index is 0.733. The molecule has 0 bridgehead atoms. The molecule has 0 aliphatic carbocycles. The van der Waals surface area contributed by atoms with Gasteiger partial charge in [-0.15, -0.1) is 11.3 Å². The predicted molar refractivity (Wildman–Crippen MR) is 75.8 cm³/mol. The van der Waals surface area contributed by atoms with E-state index >= 15 is 0 Å². The van der Waals surface area contributed by atoms with Crippen LogP contribution in [-0.2, 0) is 6.54 Å². The zero-order valence-electron chi connectivity index (χ0n) is 10.1. The third kappa shape index (κ3) is 5.43. The van der Waals surface area contributed by atoms with Crippen LogP contribution in [0.25, 0.3) is 0 Å². The Morgan fingerprint density at radius 2 is 2.31 bits per heavy atom. The molecule has 1 atom stereocenters. The number of nitrogens with zero attached hydrogens (tertiary/aromatic N) is 1. The summed E-state index contributed by atoms with van der Waals surface area (Å²) in [5, 5.41) is 2.14. The first kappa shape index (κ1) is 14.2. The summed E-state index contributed by atoms with van der Waals surface area (Å²) >= 11 is 5.30. The van der Waals surface area contributed by atoms with Gasteiger partial charge in [0.15, 0.2) is 0 Å². The SMILES string of the molecule is CC(CCCN)CN(C)Cc1cc(Br)cs1. The van der Waals surface area contributed by atoms with Gasteiger partial charge in [-0.05, 0) is 54.3 Å². The number of rotatable bonds is 7. The van der Waals surface area contributed by atoms with E-state index in [9.17, 15) is 0 Å². The lowest BCUT2D eigenvalue weighted by Crippen LogP contribution is -2.24. The Morgan fingerprint density at radius 1 is 1.56 bits per heavy atom. The molecule has 0 amide bonds. The van der Waals surface area contributed by atoms with Crippen molar-refractivity contribution in [2.24, 2.45) is 11.7 Å². The highest BCUT2D eigenvalue weighted by Gasteiger charge is 2.07. The molecule has 0 saturated carbocycles. The second-order valence-corrected chi connectivity index (χ2v) is 6.38. The molecule has 0 aliphatic rings. The van der Waals surface area contributed by atoms with E-state index in [0.717, 1.165) is 32.0 Å². The van der Waals surface area contributed by atoms with Crippen LogP contribution in [0.5, 0.6) is 0 Å². The quantitative estimate of drug-likeness (QED) is 0.837. The fraction of sp³-hybridized carbons (Fsp3) is 0.667. The van der Waals surface area contributed by atoms with Crippen LogP contribution in [0.15, 0.2) is 15.9 Å². The first-order valence-corrected chi connectivity index (χ1v) is 7.40. The Morgan fingerprint density at radius 3 is 2.88 bits per heavy atom. The van der Waals surface area contributed by atoms with Crippen molar-refractivity contribution in [2.75, 3.05) is 20.1 Å². The standard InChI is InChI=1S/C12H21BrN2S/c1-10(4-3-5-14)7-15(2)8-12-6-11(13)9-16-12/h6,9-10H,3-5,7-8,14H2,1-2H3. The van der Waals surface area contributed by atoms with Crippen molar-refractivity contribution in [3.8, 4) is 0 Å². The molecule has 1 aromatic rings. The van der Waals surface area contributed by atoms with Crippen molar-refractivity contribution in [3.05, 3.63) is 20.8 Å². The summed E-state index contributed by atoms with van der Waals surface area (Å²) in [6.45, 7) is 5.31. The molecule has 0 spiro atoms. The van der Waals surface area contributed by atoms with E-state index < -0.39 is 0 Å². The molecule has 0 aliphatic heterocycles. The van der Waals surface area contributed by atoms with Crippen LogP contribution < -0.4 is 5.73 Å². The zero-order chi connectivity index (χ0) is 12.0. The molecule has 4 heteroatoms. The summed E-state index contributed by atoms with van der Waals surface area (Å²) in [5.41, 5.74) is 5.52. The third-order valence-electron chi connectivity index (χ3n) is 2.57. The Kier molecular flexibility index (Phi) is 6.58. The van der Waals surface area contributed by atoms with Gasteiger partial charge in [0.1, 0.15) is 0 Å². The van der Waals surface area contributed by atoms with E-state index in [-0.39, 0.29) is 0 Å². The minimum Gasteiger partial charge on any atom is -0.330 e. The molecule has 1 unspecified atom stereocenters. The number of thiophene rings is 1. The number of halogens is 1. The largest absolute Gasteiger partial charge is 0.330 e. The molecule has 0 aromatic carbocycles. The first-order chi connectivity index (χ1) is 7.61. The predicted octanol–water partition coefficient (Wildman–Crippen LogP) is 3.32. The first-order valence-electron chi connectivity index (χ1n) is 5.73. The summed E-state index contributed by atoms with van der Waals surface area (Å²) in [6.07, 6.45) is 2.37. The maximum absolute atomic E-state index is 5.52. The van der Waals surface area contributed by atoms with Gasteiger partial charge in [-0.25, -0.2) is 0 Å². The number of nitrogens with two attached hydrogens (primary N) is 1. The van der Waals surface area contributed by atoms with Gasteiger partial charge in [-0.2, -0.15) is 0 Å². The van der Waals surface area contributed by atoms with Gasteiger partial charge in [-0.3, -0.25) is 0 Å². The minimum absolute atomic E-state index is 0.733. The van der Waals surface area contributed by atoms with Gasteiger partial charge in [-0.1, -0.05) is 6.92 Å². The summed E-state index contributed by atoms with van der Waals surface area (Å²) in [4.78, 5) is 3.81. The van der Waals surface area contributed by atoms with Crippen LogP contribution >= 0.6 is 27.3 Å². The van der Waals surface area contributed by atoms with Gasteiger partial charge < -0.3 is 10.6 Å². The molecule has 92 valence electrons. The van der Waals surface area contributed by atoms with Gasteiger partial charge in [0.2, 0.25) is 0 Å². The Bertz CT molecular complexity index is 301. The van der Waals surface area contributed by atoms with E-state index in [4.69, 9.17) is 5.73 Å². The summed E-state index contributed by atoms with van der Waals surface area (Å²) < 4.78 is 1.19. The van der Waals surface area contributed by atoms with Crippen LogP contribution in [-0.4, -0.2) is 25.0 Å². The average Bonchev–Trinajstić information content (AvgIpc) is 2.60. The fourth-order valence-electron chi connectivity index (χ4n) is 1.86. The van der Waals surface area contributed by atoms with Crippen molar-refractivity contribution in [2.45, 2.75) is 26.3 Å². The smallest absolute Gasteiger partial charge is 0.0325 e. The zero-order valence-corrected chi connectivity index (χ0v) is 12.5. The van der Waals surface area contributed by atoms with E-state index in [1.807, 2.05) is 11.3 Å². The van der Waals surface area contributed by atoms with Gasteiger partial charge >= 0.3 is 0 Å². The maximum Gasteiger partial charge on any atom is 0.0325 e. The van der Waals surface area contributed by atoms with E-state index in [1.54, 1.807) is 0 Å². The highest BCUT2D eigenvalue weighted by Crippen LogP contribution is 2.21. The summed E-state index contributed by atoms with van der Waals surface area (Å²) in [7, 11) is 2.19. The average molecular weight is 305 g/mol. The topological polar surface area (TPSA) is 29.3 Å². The normalized spacial score (nSPS) is 13.3. The van der Waals surface area contributed by atoms with Gasteiger partial charge in [0.25, 0.3) is 0 Å². The molecule has 2 nitrogen and oxygen atoms in total. The number of hydrogen-bond acceptors (Lipinski definition) is 3. The van der Waals surface area contributed by atoms with Crippen LogP contribution in [0.3, 0.4) is 0 Å². The van der Waals surface area contributed by atoms with Crippen molar-refractivity contribution in [1.29, 1.82) is 0 Å². The third-order valence-corrected chi connectivity index (χ3v) is 4.25. The van der Waals surface area contributed by atoms with Crippen molar-refractivity contribution >= 4 is 27.3 Å². The molecule has 0 fully saturated rings. The van der Waals surface area contributed by atoms with Crippen molar-refractivity contribution in [3.63, 3.8) is 0 Å². The Hall–Kier alpha value is 0.1000. The van der Waals surface area contributed by atoms with Crippen LogP contribution in [0.1, 0.15) is 24.6 Å². The molecule has 1 heterocycles. The molecule has 0 saturated heterocycles. The highest BCUT2D eigenvalue weighted by molar-refractivity contribution is 9.10. The summed E-state index contributed by atoms with van der Waals surface area (Å²) in [5.74, 6) is 0.733. The second-order valence-electron chi connectivity index (χ2n) is 4.46. The maximum atomic E-state index is 5.52. The molecular formula is C12H21BrN2S. The molecule has 2 N–H and O–H groups in total. The Balaban J connectivity index is 2.27. The van der Waals surface area contributed by atoms with Crippen LogP contribution in [0.4, 0.5) is 0 Å². The Labute approximate surface area is 111 Å². The fourth-order valence-corrected chi connectivity index (χ4v) is 3.39. The molecule has 1 aromatic heterocycles. The lowest BCUT2D eigenvalue weighted by atomic mass is 10.1. The van der Waals surface area contributed by atoms with E-state index in [1.165, 1.54) is 15.8 Å². The lowest BCUT2D eigenvalue weighted by molar-refractivity contribution is 0.271. The number of hydrogen-bond donors (Lipinski definition) is 1. The van der Waals surface area contributed by atoms with Crippen molar-refractivity contribution in [1.82, 2.24) is 4.90 Å². The van der Waals surface area contributed by atoms with Gasteiger partial charge in [0.05, 0.1) is 0 Å². The second kappa shape index (κ2) is 7.43. The van der Waals surface area contributed by atoms with Gasteiger partial charge in [0, 0.05) is 27.8 Å². The molecule has 16 heavy (non-hydrogen) atoms. The molecule has 1 rings (SSSR count). The molecular weight excluding hydrogens is 284 g/mol. The highest BCUT2D eigenvalue weighted by atomic mass is 79.9.